The normalized spacial score (nSPS) is 10.2. The summed E-state index contributed by atoms with van der Waals surface area (Å²) in [4.78, 5) is 13.6. The number of hydrogen-bond acceptors (Lipinski definition) is 2. The van der Waals surface area contributed by atoms with Crippen LogP contribution in [0.4, 0.5) is 10.5 Å². The molecular formula is C13H19BrN2O2. The van der Waals surface area contributed by atoms with E-state index in [2.05, 4.69) is 21.2 Å². The number of benzene rings is 1. The maximum absolute atomic E-state index is 12.0. The van der Waals surface area contributed by atoms with E-state index in [1.165, 1.54) is 0 Å². The molecule has 0 aliphatic carbocycles. The minimum Gasteiger partial charge on any atom is -0.395 e. The van der Waals surface area contributed by atoms with Crippen molar-refractivity contribution in [1.82, 2.24) is 4.90 Å². The molecule has 1 aromatic carbocycles. The van der Waals surface area contributed by atoms with E-state index < -0.39 is 0 Å². The van der Waals surface area contributed by atoms with E-state index in [0.29, 0.717) is 13.1 Å². The van der Waals surface area contributed by atoms with Gasteiger partial charge in [-0.1, -0.05) is 28.9 Å². The maximum Gasteiger partial charge on any atom is 0.321 e. The molecule has 0 aromatic heterocycles. The molecule has 4 nitrogen and oxygen atoms in total. The lowest BCUT2D eigenvalue weighted by atomic mass is 10.2. The summed E-state index contributed by atoms with van der Waals surface area (Å²) in [5.41, 5.74) is 1.87. The first-order chi connectivity index (χ1) is 8.58. The van der Waals surface area contributed by atoms with Gasteiger partial charge in [0.05, 0.1) is 6.61 Å². The van der Waals surface area contributed by atoms with Crippen LogP contribution < -0.4 is 5.32 Å². The fraction of sp³-hybridized carbons (Fsp3) is 0.462. The van der Waals surface area contributed by atoms with Crippen molar-refractivity contribution in [3.05, 3.63) is 28.2 Å². The summed E-state index contributed by atoms with van der Waals surface area (Å²) in [6, 6.07) is 5.49. The number of aliphatic hydroxyl groups is 1. The van der Waals surface area contributed by atoms with Gasteiger partial charge in [-0.25, -0.2) is 4.79 Å². The van der Waals surface area contributed by atoms with Gasteiger partial charge in [0.2, 0.25) is 0 Å². The minimum absolute atomic E-state index is 0.0228. The lowest BCUT2D eigenvalue weighted by Gasteiger charge is -2.21. The monoisotopic (exact) mass is 314 g/mol. The number of rotatable bonds is 5. The highest BCUT2D eigenvalue weighted by Gasteiger charge is 2.12. The lowest BCUT2D eigenvalue weighted by molar-refractivity contribution is 0.188. The van der Waals surface area contributed by atoms with Crippen LogP contribution in [0.2, 0.25) is 0 Å². The largest absolute Gasteiger partial charge is 0.395 e. The predicted octanol–water partition coefficient (Wildman–Crippen LogP) is 2.99. The van der Waals surface area contributed by atoms with E-state index in [4.69, 9.17) is 5.11 Å². The molecule has 2 amide bonds. The van der Waals surface area contributed by atoms with Crippen molar-refractivity contribution in [2.45, 2.75) is 20.3 Å². The average Bonchev–Trinajstić information content (AvgIpc) is 2.33. The molecule has 2 N–H and O–H groups in total. The second-order valence-corrected chi connectivity index (χ2v) is 4.96. The van der Waals surface area contributed by atoms with E-state index in [-0.39, 0.29) is 12.6 Å². The molecule has 0 fully saturated rings. The number of urea groups is 1. The van der Waals surface area contributed by atoms with Crippen LogP contribution >= 0.6 is 15.9 Å². The minimum atomic E-state index is -0.179. The third-order valence-electron chi connectivity index (χ3n) is 2.57. The second kappa shape index (κ2) is 7.38. The average molecular weight is 315 g/mol. The van der Waals surface area contributed by atoms with Gasteiger partial charge in [-0.3, -0.25) is 0 Å². The Morgan fingerprint density at radius 3 is 2.72 bits per heavy atom. The summed E-state index contributed by atoms with van der Waals surface area (Å²) in [6.45, 7) is 4.96. The van der Waals surface area contributed by atoms with Crippen LogP contribution in [0.1, 0.15) is 18.9 Å². The molecule has 18 heavy (non-hydrogen) atoms. The molecule has 0 heterocycles. The molecular weight excluding hydrogens is 296 g/mol. The molecule has 0 unspecified atom stereocenters. The Hall–Kier alpha value is -1.07. The zero-order valence-electron chi connectivity index (χ0n) is 10.7. The van der Waals surface area contributed by atoms with Crippen molar-refractivity contribution in [3.8, 4) is 0 Å². The van der Waals surface area contributed by atoms with Crippen molar-refractivity contribution < 1.29 is 9.90 Å². The molecule has 0 aliphatic rings. The number of anilines is 1. The van der Waals surface area contributed by atoms with E-state index >= 15 is 0 Å². The first kappa shape index (κ1) is 15.0. The molecule has 1 rings (SSSR count). The van der Waals surface area contributed by atoms with Crippen LogP contribution in [0, 0.1) is 6.92 Å². The number of aliphatic hydroxyl groups excluding tert-OH is 1. The molecule has 0 aliphatic heterocycles. The fourth-order valence-corrected chi connectivity index (χ4v) is 1.96. The summed E-state index contributed by atoms with van der Waals surface area (Å²) in [6.07, 6.45) is 0.866. The van der Waals surface area contributed by atoms with Crippen molar-refractivity contribution in [2.24, 2.45) is 0 Å². The number of carbonyl (C=O) groups excluding carboxylic acids is 1. The molecule has 0 saturated carbocycles. The van der Waals surface area contributed by atoms with E-state index in [1.807, 2.05) is 32.0 Å². The Morgan fingerprint density at radius 1 is 1.44 bits per heavy atom. The first-order valence-electron chi connectivity index (χ1n) is 6.01. The van der Waals surface area contributed by atoms with Gasteiger partial charge >= 0.3 is 6.03 Å². The van der Waals surface area contributed by atoms with E-state index in [0.717, 1.165) is 22.1 Å². The Morgan fingerprint density at radius 2 is 2.17 bits per heavy atom. The van der Waals surface area contributed by atoms with Crippen LogP contribution in [0.3, 0.4) is 0 Å². The number of hydrogen-bond donors (Lipinski definition) is 2. The molecule has 0 spiro atoms. The second-order valence-electron chi connectivity index (χ2n) is 4.10. The van der Waals surface area contributed by atoms with Crippen LogP contribution in [0.5, 0.6) is 0 Å². The molecule has 100 valence electrons. The zero-order chi connectivity index (χ0) is 13.5. The Bertz CT molecular complexity index is 404. The third-order valence-corrected chi connectivity index (χ3v) is 3.43. The topological polar surface area (TPSA) is 52.6 Å². The highest BCUT2D eigenvalue weighted by molar-refractivity contribution is 9.10. The summed E-state index contributed by atoms with van der Waals surface area (Å²) >= 11 is 3.43. The van der Waals surface area contributed by atoms with Crippen LogP contribution in [0.15, 0.2) is 22.7 Å². The Kier molecular flexibility index (Phi) is 6.15. The zero-order valence-corrected chi connectivity index (χ0v) is 12.3. The van der Waals surface area contributed by atoms with Crippen LogP contribution in [-0.4, -0.2) is 35.7 Å². The summed E-state index contributed by atoms with van der Waals surface area (Å²) in [5, 5.41) is 11.8. The van der Waals surface area contributed by atoms with Gasteiger partial charge in [0.15, 0.2) is 0 Å². The van der Waals surface area contributed by atoms with Gasteiger partial charge in [0.25, 0.3) is 0 Å². The van der Waals surface area contributed by atoms with Gasteiger partial charge in [-0.05, 0) is 31.0 Å². The maximum atomic E-state index is 12.0. The fourth-order valence-electron chi connectivity index (χ4n) is 1.58. The van der Waals surface area contributed by atoms with Crippen molar-refractivity contribution in [2.75, 3.05) is 25.0 Å². The van der Waals surface area contributed by atoms with Gasteiger partial charge < -0.3 is 15.3 Å². The van der Waals surface area contributed by atoms with Gasteiger partial charge in [0.1, 0.15) is 0 Å². The molecule has 1 aromatic rings. The summed E-state index contributed by atoms with van der Waals surface area (Å²) in [7, 11) is 0. The lowest BCUT2D eigenvalue weighted by Crippen LogP contribution is -2.37. The molecule has 0 radical (unpaired) electrons. The summed E-state index contributed by atoms with van der Waals surface area (Å²) in [5.74, 6) is 0. The van der Waals surface area contributed by atoms with Gasteiger partial charge in [-0.2, -0.15) is 0 Å². The number of amides is 2. The number of nitrogens with zero attached hydrogens (tertiary/aromatic N) is 1. The Balaban J connectivity index is 2.69. The highest BCUT2D eigenvalue weighted by atomic mass is 79.9. The number of carbonyl (C=O) groups is 1. The van der Waals surface area contributed by atoms with E-state index in [9.17, 15) is 4.79 Å². The number of aryl methyl sites for hydroxylation is 1. The quantitative estimate of drug-likeness (QED) is 0.877. The predicted molar refractivity (Wildman–Crippen MR) is 76.8 cm³/mol. The van der Waals surface area contributed by atoms with Gasteiger partial charge in [0, 0.05) is 23.2 Å². The summed E-state index contributed by atoms with van der Waals surface area (Å²) < 4.78 is 0.962. The number of halogens is 1. The molecule has 0 atom stereocenters. The van der Waals surface area contributed by atoms with Crippen LogP contribution in [0.25, 0.3) is 0 Å². The SMILES string of the molecule is CCCN(CCO)C(=O)Nc1ccc(C)c(Br)c1. The van der Waals surface area contributed by atoms with Gasteiger partial charge in [-0.15, -0.1) is 0 Å². The highest BCUT2D eigenvalue weighted by Crippen LogP contribution is 2.20. The standard InChI is InChI=1S/C13H19BrN2O2/c1-3-6-16(7-8-17)13(18)15-11-5-4-10(2)12(14)9-11/h4-5,9,17H,3,6-8H2,1-2H3,(H,15,18). The van der Waals surface area contributed by atoms with E-state index in [1.54, 1.807) is 4.90 Å². The third kappa shape index (κ3) is 4.31. The van der Waals surface area contributed by atoms with Crippen LogP contribution in [-0.2, 0) is 0 Å². The molecule has 0 saturated heterocycles. The first-order valence-corrected chi connectivity index (χ1v) is 6.80. The van der Waals surface area contributed by atoms with Crippen molar-refractivity contribution in [1.29, 1.82) is 0 Å². The van der Waals surface area contributed by atoms with Crippen molar-refractivity contribution in [3.63, 3.8) is 0 Å². The Labute approximate surface area is 116 Å². The smallest absolute Gasteiger partial charge is 0.321 e. The number of nitrogens with one attached hydrogen (secondary N) is 1. The molecule has 5 heteroatoms. The molecule has 0 bridgehead atoms. The van der Waals surface area contributed by atoms with Crippen molar-refractivity contribution >= 4 is 27.6 Å².